The van der Waals surface area contributed by atoms with Gasteiger partial charge in [-0.25, -0.2) is 9.37 Å². The van der Waals surface area contributed by atoms with E-state index in [0.717, 1.165) is 17.0 Å². The summed E-state index contributed by atoms with van der Waals surface area (Å²) in [6.45, 7) is 4.93. The van der Waals surface area contributed by atoms with Crippen molar-refractivity contribution < 1.29 is 36.9 Å². The second kappa shape index (κ2) is 10.2. The first-order valence-corrected chi connectivity index (χ1v) is 12.9. The summed E-state index contributed by atoms with van der Waals surface area (Å²) in [5.41, 5.74) is -3.43. The monoisotopic (exact) mass is 589 g/mol. The maximum Gasteiger partial charge on any atom is 0.417 e. The molecule has 5 rings (SSSR count). The third kappa shape index (κ3) is 4.83. The van der Waals surface area contributed by atoms with E-state index in [1.165, 1.54) is 36.9 Å². The number of benzene rings is 2. The van der Waals surface area contributed by atoms with Crippen molar-refractivity contribution in [2.45, 2.75) is 51.1 Å². The molecule has 3 aromatic rings. The number of alkyl halides is 3. The molecule has 2 atom stereocenters. The predicted octanol–water partition coefficient (Wildman–Crippen LogP) is 4.28. The maximum atomic E-state index is 15.6. The first-order chi connectivity index (χ1) is 19.3. The largest absolute Gasteiger partial charge is 0.468 e. The highest BCUT2D eigenvalue weighted by atomic mass is 32.1. The Hall–Kier alpha value is -3.93. The maximum absolute atomic E-state index is 15.6. The van der Waals surface area contributed by atoms with Gasteiger partial charge in [0.25, 0.3) is 5.91 Å². The summed E-state index contributed by atoms with van der Waals surface area (Å²) in [6, 6.07) is 6.94. The Morgan fingerprint density at radius 3 is 2.56 bits per heavy atom. The number of carbonyl (C=O) groups excluding carboxylic acids is 1. The number of aromatic nitrogens is 2. The van der Waals surface area contributed by atoms with Gasteiger partial charge < -0.3 is 19.5 Å². The van der Waals surface area contributed by atoms with Crippen LogP contribution >= 0.6 is 12.2 Å². The SMILES string of the molecule is CCc1nc(OC2COCC2O)c2cc(N3C(=S)N(c4ccc(C#N)c(C(F)(F)F)c4)C(=O)C3(C)C)cc(F)c2n1. The van der Waals surface area contributed by atoms with Gasteiger partial charge in [0, 0.05) is 12.1 Å². The molecule has 2 unspecified atom stereocenters. The normalized spacial score (nSPS) is 20.7. The highest BCUT2D eigenvalue weighted by Crippen LogP contribution is 2.41. The van der Waals surface area contributed by atoms with Crippen LogP contribution in [0.5, 0.6) is 5.88 Å². The quantitative estimate of drug-likeness (QED) is 0.344. The number of anilines is 2. The molecule has 3 heterocycles. The molecule has 2 aliphatic rings. The summed E-state index contributed by atoms with van der Waals surface area (Å²) in [7, 11) is 0. The fraction of sp³-hybridized carbons (Fsp3) is 0.370. The van der Waals surface area contributed by atoms with E-state index < -0.39 is 46.8 Å². The molecule has 0 saturated carbocycles. The smallest absolute Gasteiger partial charge is 0.417 e. The van der Waals surface area contributed by atoms with E-state index >= 15 is 4.39 Å². The Kier molecular flexibility index (Phi) is 7.09. The van der Waals surface area contributed by atoms with Crippen LogP contribution in [-0.2, 0) is 22.1 Å². The van der Waals surface area contributed by atoms with Gasteiger partial charge in [-0.3, -0.25) is 9.69 Å². The highest BCUT2D eigenvalue weighted by Gasteiger charge is 2.51. The second-order valence-electron chi connectivity index (χ2n) is 10.0. The van der Waals surface area contributed by atoms with Crippen LogP contribution in [0.1, 0.15) is 37.7 Å². The average Bonchev–Trinajstić information content (AvgIpc) is 3.39. The van der Waals surface area contributed by atoms with Crippen molar-refractivity contribution in [3.8, 4) is 11.9 Å². The Labute approximate surface area is 236 Å². The topological polar surface area (TPSA) is 112 Å². The molecular weight excluding hydrogens is 566 g/mol. The molecule has 2 fully saturated rings. The highest BCUT2D eigenvalue weighted by molar-refractivity contribution is 7.81. The molecular formula is C27H23F4N5O4S. The lowest BCUT2D eigenvalue weighted by atomic mass is 10.0. The summed E-state index contributed by atoms with van der Waals surface area (Å²) in [4.78, 5) is 24.5. The van der Waals surface area contributed by atoms with Crippen molar-refractivity contribution in [3.63, 3.8) is 0 Å². The minimum atomic E-state index is -4.85. The molecule has 214 valence electrons. The van der Waals surface area contributed by atoms with Crippen LogP contribution in [0.4, 0.5) is 28.9 Å². The van der Waals surface area contributed by atoms with Crippen LogP contribution in [0.15, 0.2) is 30.3 Å². The molecule has 41 heavy (non-hydrogen) atoms. The van der Waals surface area contributed by atoms with Gasteiger partial charge in [-0.1, -0.05) is 6.92 Å². The number of ether oxygens (including phenoxy) is 2. The number of carbonyl (C=O) groups is 1. The van der Waals surface area contributed by atoms with E-state index in [0.29, 0.717) is 18.3 Å². The Morgan fingerprint density at radius 2 is 1.95 bits per heavy atom. The molecule has 0 spiro atoms. The van der Waals surface area contributed by atoms with Crippen LogP contribution in [0.2, 0.25) is 0 Å². The number of aryl methyl sites for hydroxylation is 1. The van der Waals surface area contributed by atoms with Crippen molar-refractivity contribution in [1.82, 2.24) is 9.97 Å². The Bertz CT molecular complexity index is 1620. The zero-order chi connectivity index (χ0) is 29.9. The lowest BCUT2D eigenvalue weighted by molar-refractivity contribution is -0.137. The number of fused-ring (bicyclic) bond motifs is 1. The molecule has 2 aromatic carbocycles. The van der Waals surface area contributed by atoms with Gasteiger partial charge in [0.2, 0.25) is 5.88 Å². The van der Waals surface area contributed by atoms with Crippen LogP contribution in [0.25, 0.3) is 10.9 Å². The summed E-state index contributed by atoms with van der Waals surface area (Å²) >= 11 is 5.57. The molecule has 0 aliphatic carbocycles. The predicted molar refractivity (Wildman–Crippen MR) is 143 cm³/mol. The van der Waals surface area contributed by atoms with Gasteiger partial charge in [0.05, 0.1) is 41.5 Å². The Morgan fingerprint density at radius 1 is 1.22 bits per heavy atom. The van der Waals surface area contributed by atoms with Crippen LogP contribution in [0, 0.1) is 17.1 Å². The molecule has 1 amide bonds. The van der Waals surface area contributed by atoms with Gasteiger partial charge >= 0.3 is 6.18 Å². The van der Waals surface area contributed by atoms with Crippen LogP contribution < -0.4 is 14.5 Å². The number of nitrogens with zero attached hydrogens (tertiary/aromatic N) is 5. The van der Waals surface area contributed by atoms with E-state index in [1.807, 2.05) is 0 Å². The number of rotatable bonds is 5. The van der Waals surface area contributed by atoms with Crippen LogP contribution in [0.3, 0.4) is 0 Å². The molecule has 14 heteroatoms. The average molecular weight is 590 g/mol. The van der Waals surface area contributed by atoms with Gasteiger partial charge in [-0.05, 0) is 56.4 Å². The zero-order valence-electron chi connectivity index (χ0n) is 22.0. The number of aliphatic hydroxyl groups is 1. The third-order valence-electron chi connectivity index (χ3n) is 6.94. The number of halogens is 4. The number of hydrogen-bond acceptors (Lipinski definition) is 8. The van der Waals surface area contributed by atoms with E-state index in [4.69, 9.17) is 27.0 Å². The molecule has 0 bridgehead atoms. The number of aliphatic hydroxyl groups excluding tert-OH is 1. The minimum absolute atomic E-state index is 0.00448. The fourth-order valence-corrected chi connectivity index (χ4v) is 5.33. The molecule has 2 aliphatic heterocycles. The lowest BCUT2D eigenvalue weighted by Crippen LogP contribution is -2.44. The molecule has 2 saturated heterocycles. The second-order valence-corrected chi connectivity index (χ2v) is 10.4. The summed E-state index contributed by atoms with van der Waals surface area (Å²) in [5.74, 6) is -1.15. The summed E-state index contributed by atoms with van der Waals surface area (Å²) < 4.78 is 67.7. The Balaban J connectivity index is 1.62. The van der Waals surface area contributed by atoms with Gasteiger partial charge in [0.15, 0.2) is 17.0 Å². The van der Waals surface area contributed by atoms with E-state index in [1.54, 1.807) is 6.92 Å². The number of amides is 1. The van der Waals surface area contributed by atoms with Gasteiger partial charge in [-0.15, -0.1) is 0 Å². The minimum Gasteiger partial charge on any atom is -0.468 e. The van der Waals surface area contributed by atoms with Crippen molar-refractivity contribution in [2.75, 3.05) is 23.0 Å². The number of thiocarbonyl (C=S) groups is 1. The first kappa shape index (κ1) is 28.6. The van der Waals surface area contributed by atoms with E-state index in [2.05, 4.69) is 9.97 Å². The third-order valence-corrected chi connectivity index (χ3v) is 7.31. The molecule has 9 nitrogen and oxygen atoms in total. The van der Waals surface area contributed by atoms with Gasteiger partial charge in [0.1, 0.15) is 23.0 Å². The fourth-order valence-electron chi connectivity index (χ4n) is 4.81. The van der Waals surface area contributed by atoms with Crippen LogP contribution in [-0.4, -0.2) is 57.1 Å². The van der Waals surface area contributed by atoms with Crippen molar-refractivity contribution in [2.24, 2.45) is 0 Å². The van der Waals surface area contributed by atoms with Gasteiger partial charge in [-0.2, -0.15) is 23.4 Å². The molecule has 0 radical (unpaired) electrons. The standard InChI is InChI=1S/C27H23F4N5O4S/c1-4-21-33-22-16(23(34-21)40-20-12-39-11-19(20)37)7-15(9-18(22)28)36-25(41)35(24(38)26(36,2)3)14-6-5-13(10-32)17(8-14)27(29,30)31/h5-9,19-20,37H,4,11-12H2,1-3H3. The summed E-state index contributed by atoms with van der Waals surface area (Å²) in [6.07, 6.45) is -6.17. The molecule has 1 aromatic heterocycles. The number of hydrogen-bond donors (Lipinski definition) is 1. The molecule has 1 N–H and O–H groups in total. The van der Waals surface area contributed by atoms with E-state index in [-0.39, 0.29) is 46.5 Å². The number of nitriles is 1. The van der Waals surface area contributed by atoms with Crippen molar-refractivity contribution in [1.29, 1.82) is 5.26 Å². The van der Waals surface area contributed by atoms with Crippen molar-refractivity contribution >= 4 is 45.5 Å². The summed E-state index contributed by atoms with van der Waals surface area (Å²) in [5, 5.41) is 19.3. The van der Waals surface area contributed by atoms with E-state index in [9.17, 15) is 23.1 Å². The lowest BCUT2D eigenvalue weighted by Gasteiger charge is -2.30. The zero-order valence-corrected chi connectivity index (χ0v) is 22.8. The first-order valence-electron chi connectivity index (χ1n) is 12.5. The van der Waals surface area contributed by atoms with Crippen molar-refractivity contribution in [3.05, 3.63) is 53.1 Å².